The lowest BCUT2D eigenvalue weighted by molar-refractivity contribution is -0.273. The van der Waals surface area contributed by atoms with Crippen LogP contribution in [-0.4, -0.2) is 36.6 Å². The van der Waals surface area contributed by atoms with E-state index in [4.69, 9.17) is 0 Å². The maximum atomic E-state index is 11.4. The van der Waals surface area contributed by atoms with Gasteiger partial charge in [-0.2, -0.15) is 4.89 Å². The Hall–Kier alpha value is -0.610. The predicted octanol–water partition coefficient (Wildman–Crippen LogP) is 0.965. The van der Waals surface area contributed by atoms with E-state index in [1.54, 1.807) is 6.92 Å². The molecule has 1 saturated heterocycles. The molecule has 4 heteroatoms. The van der Waals surface area contributed by atoms with Crippen molar-refractivity contribution in [2.75, 3.05) is 19.7 Å². The van der Waals surface area contributed by atoms with Gasteiger partial charge in [0.2, 0.25) is 0 Å². The van der Waals surface area contributed by atoms with Crippen molar-refractivity contribution in [1.29, 1.82) is 0 Å². The van der Waals surface area contributed by atoms with Gasteiger partial charge in [-0.3, -0.25) is 9.79 Å². The molecule has 0 bridgehead atoms. The van der Waals surface area contributed by atoms with Crippen LogP contribution in [0.5, 0.6) is 0 Å². The fourth-order valence-electron chi connectivity index (χ4n) is 1.64. The molecular formula is C9H17NO3. The third kappa shape index (κ3) is 2.67. The molecule has 0 aromatic heterocycles. The molecule has 0 aromatic carbocycles. The first-order valence-corrected chi connectivity index (χ1v) is 4.87. The third-order valence-electron chi connectivity index (χ3n) is 2.30. The van der Waals surface area contributed by atoms with Crippen LogP contribution in [-0.2, 0) is 14.6 Å². The number of nitrogens with zero attached hydrogens (tertiary/aromatic N) is 1. The minimum absolute atomic E-state index is 0.0865. The van der Waals surface area contributed by atoms with Gasteiger partial charge in [-0.1, -0.05) is 6.92 Å². The van der Waals surface area contributed by atoms with Gasteiger partial charge in [0.15, 0.2) is 0 Å². The molecule has 1 unspecified atom stereocenters. The minimum Gasteiger partial charge on any atom is -0.297 e. The Morgan fingerprint density at radius 1 is 1.54 bits per heavy atom. The smallest absolute Gasteiger partial charge is 0.297 e. The molecule has 0 saturated carbocycles. The monoisotopic (exact) mass is 187 g/mol. The first-order chi connectivity index (χ1) is 6.29. The van der Waals surface area contributed by atoms with E-state index in [0.29, 0.717) is 6.61 Å². The van der Waals surface area contributed by atoms with Gasteiger partial charge in [-0.05, 0) is 32.9 Å². The predicted molar refractivity (Wildman–Crippen MR) is 48.0 cm³/mol. The second-order valence-corrected chi connectivity index (χ2v) is 3.10. The molecule has 76 valence electrons. The van der Waals surface area contributed by atoms with Gasteiger partial charge >= 0.3 is 5.97 Å². The van der Waals surface area contributed by atoms with Crippen molar-refractivity contribution in [2.45, 2.75) is 32.7 Å². The van der Waals surface area contributed by atoms with Crippen molar-refractivity contribution in [1.82, 2.24) is 4.90 Å². The molecule has 0 N–H and O–H groups in total. The molecule has 0 spiro atoms. The summed E-state index contributed by atoms with van der Waals surface area (Å²) in [5.74, 6) is -0.249. The van der Waals surface area contributed by atoms with Crippen LogP contribution in [0.25, 0.3) is 0 Å². The van der Waals surface area contributed by atoms with Crippen LogP contribution < -0.4 is 0 Å². The van der Waals surface area contributed by atoms with Crippen LogP contribution in [0, 0.1) is 0 Å². The molecule has 1 fully saturated rings. The van der Waals surface area contributed by atoms with Gasteiger partial charge in [0, 0.05) is 0 Å². The zero-order valence-corrected chi connectivity index (χ0v) is 8.28. The molecule has 1 heterocycles. The zero-order chi connectivity index (χ0) is 9.68. The fraction of sp³-hybridized carbons (Fsp3) is 0.889. The van der Waals surface area contributed by atoms with Crippen molar-refractivity contribution >= 4 is 5.97 Å². The number of hydrogen-bond donors (Lipinski definition) is 0. The van der Waals surface area contributed by atoms with Crippen LogP contribution in [0.4, 0.5) is 0 Å². The van der Waals surface area contributed by atoms with Crippen molar-refractivity contribution in [3.05, 3.63) is 0 Å². The molecule has 0 aromatic rings. The fourth-order valence-corrected chi connectivity index (χ4v) is 1.64. The second kappa shape index (κ2) is 5.19. The highest BCUT2D eigenvalue weighted by Crippen LogP contribution is 2.17. The van der Waals surface area contributed by atoms with E-state index in [1.807, 2.05) is 6.92 Å². The Morgan fingerprint density at radius 2 is 2.31 bits per heavy atom. The van der Waals surface area contributed by atoms with E-state index < -0.39 is 0 Å². The summed E-state index contributed by atoms with van der Waals surface area (Å²) in [6.07, 6.45) is 1.96. The number of carbonyl (C=O) groups is 1. The summed E-state index contributed by atoms with van der Waals surface area (Å²) in [7, 11) is 0. The quantitative estimate of drug-likeness (QED) is 0.485. The van der Waals surface area contributed by atoms with Crippen molar-refractivity contribution in [3.63, 3.8) is 0 Å². The standard InChI is InChI=1S/C9H17NO3/c1-3-10-7-5-6-8(10)9(11)13-12-4-2/h8H,3-7H2,1-2H3. The third-order valence-corrected chi connectivity index (χ3v) is 2.30. The second-order valence-electron chi connectivity index (χ2n) is 3.10. The van der Waals surface area contributed by atoms with Crippen LogP contribution in [0.1, 0.15) is 26.7 Å². The zero-order valence-electron chi connectivity index (χ0n) is 8.28. The molecule has 1 rings (SSSR count). The Bertz CT molecular complexity index is 172. The van der Waals surface area contributed by atoms with E-state index in [-0.39, 0.29) is 12.0 Å². The molecule has 4 nitrogen and oxygen atoms in total. The lowest BCUT2D eigenvalue weighted by Gasteiger charge is -2.19. The highest BCUT2D eigenvalue weighted by molar-refractivity contribution is 5.75. The Morgan fingerprint density at radius 3 is 2.92 bits per heavy atom. The molecule has 13 heavy (non-hydrogen) atoms. The van der Waals surface area contributed by atoms with Gasteiger partial charge in [0.25, 0.3) is 0 Å². The van der Waals surface area contributed by atoms with E-state index in [9.17, 15) is 4.79 Å². The van der Waals surface area contributed by atoms with E-state index in [2.05, 4.69) is 14.7 Å². The van der Waals surface area contributed by atoms with E-state index in [0.717, 1.165) is 25.9 Å². The molecule has 1 aliphatic rings. The van der Waals surface area contributed by atoms with Crippen LogP contribution >= 0.6 is 0 Å². The average molecular weight is 187 g/mol. The summed E-state index contributed by atoms with van der Waals surface area (Å²) in [6.45, 7) is 6.13. The Kier molecular flexibility index (Phi) is 4.18. The van der Waals surface area contributed by atoms with Crippen LogP contribution in [0.15, 0.2) is 0 Å². The lowest BCUT2D eigenvalue weighted by atomic mass is 10.2. The number of rotatable bonds is 4. The number of carbonyl (C=O) groups excluding carboxylic acids is 1. The SMILES string of the molecule is CCOOC(=O)C1CCCN1CC. The summed E-state index contributed by atoms with van der Waals surface area (Å²) in [5, 5.41) is 0. The summed E-state index contributed by atoms with van der Waals surface area (Å²) in [6, 6.07) is -0.0865. The summed E-state index contributed by atoms with van der Waals surface area (Å²) in [4.78, 5) is 22.7. The first-order valence-electron chi connectivity index (χ1n) is 4.87. The minimum atomic E-state index is -0.249. The largest absolute Gasteiger partial charge is 0.359 e. The lowest BCUT2D eigenvalue weighted by Crippen LogP contribution is -2.37. The van der Waals surface area contributed by atoms with Crippen LogP contribution in [0.2, 0.25) is 0 Å². The van der Waals surface area contributed by atoms with Gasteiger partial charge in [-0.15, -0.1) is 0 Å². The summed E-state index contributed by atoms with van der Waals surface area (Å²) >= 11 is 0. The molecular weight excluding hydrogens is 170 g/mol. The average Bonchev–Trinajstić information content (AvgIpc) is 2.61. The van der Waals surface area contributed by atoms with Gasteiger partial charge in [0.05, 0.1) is 6.61 Å². The maximum Gasteiger partial charge on any atom is 0.359 e. The molecule has 1 aliphatic heterocycles. The maximum absolute atomic E-state index is 11.4. The van der Waals surface area contributed by atoms with Gasteiger partial charge < -0.3 is 0 Å². The molecule has 0 amide bonds. The van der Waals surface area contributed by atoms with E-state index in [1.165, 1.54) is 0 Å². The Labute approximate surface area is 78.7 Å². The number of likely N-dealkylation sites (tertiary alicyclic amines) is 1. The Balaban J connectivity index is 2.36. The molecule has 1 atom stereocenters. The molecule has 0 aliphatic carbocycles. The summed E-state index contributed by atoms with van der Waals surface area (Å²) < 4.78 is 0. The first kappa shape index (κ1) is 10.5. The van der Waals surface area contributed by atoms with Crippen molar-refractivity contribution < 1.29 is 14.6 Å². The normalized spacial score (nSPS) is 23.4. The number of likely N-dealkylation sites (N-methyl/N-ethyl adjacent to an activating group) is 1. The summed E-state index contributed by atoms with van der Waals surface area (Å²) in [5.41, 5.74) is 0. The van der Waals surface area contributed by atoms with Crippen molar-refractivity contribution in [3.8, 4) is 0 Å². The van der Waals surface area contributed by atoms with Gasteiger partial charge in [-0.25, -0.2) is 4.79 Å². The number of hydrogen-bond acceptors (Lipinski definition) is 4. The van der Waals surface area contributed by atoms with Crippen molar-refractivity contribution in [2.24, 2.45) is 0 Å². The highest BCUT2D eigenvalue weighted by atomic mass is 17.2. The topological polar surface area (TPSA) is 38.8 Å². The van der Waals surface area contributed by atoms with E-state index >= 15 is 0 Å². The van der Waals surface area contributed by atoms with Crippen LogP contribution in [0.3, 0.4) is 0 Å². The highest BCUT2D eigenvalue weighted by Gasteiger charge is 2.31. The van der Waals surface area contributed by atoms with Gasteiger partial charge in [0.1, 0.15) is 6.04 Å². The molecule has 0 radical (unpaired) electrons.